The van der Waals surface area contributed by atoms with Crippen LogP contribution in [-0.2, 0) is 0 Å². The summed E-state index contributed by atoms with van der Waals surface area (Å²) in [7, 11) is 0. The molecule has 0 aromatic heterocycles. The summed E-state index contributed by atoms with van der Waals surface area (Å²) in [4.78, 5) is 0. The van der Waals surface area contributed by atoms with Crippen molar-refractivity contribution < 1.29 is 4.39 Å². The van der Waals surface area contributed by atoms with E-state index in [1.165, 1.54) is 6.07 Å². The van der Waals surface area contributed by atoms with E-state index in [-0.39, 0.29) is 11.1 Å². The molecule has 1 aliphatic rings. The second kappa shape index (κ2) is 5.15. The molecular weight excluding hydrogens is 296 g/mol. The zero-order chi connectivity index (χ0) is 15.3. The molecule has 0 saturated heterocycles. The number of nitrogens with one attached hydrogen (secondary N) is 1. The van der Waals surface area contributed by atoms with E-state index in [2.05, 4.69) is 33.0 Å². The normalized spacial score (nSPS) is 21.8. The molecule has 1 saturated carbocycles. The summed E-state index contributed by atoms with van der Waals surface area (Å²) < 4.78 is 13.6. The minimum Gasteiger partial charge on any atom is -0.310 e. The third kappa shape index (κ3) is 2.47. The van der Waals surface area contributed by atoms with Gasteiger partial charge < -0.3 is 5.32 Å². The van der Waals surface area contributed by atoms with E-state index in [9.17, 15) is 4.39 Å². The van der Waals surface area contributed by atoms with Crippen LogP contribution in [0.5, 0.6) is 0 Å². The Morgan fingerprint density at radius 2 is 1.75 bits per heavy atom. The van der Waals surface area contributed by atoms with Crippen molar-refractivity contribution in [1.82, 2.24) is 5.32 Å². The van der Waals surface area contributed by atoms with Gasteiger partial charge in [-0.3, -0.25) is 0 Å². The summed E-state index contributed by atoms with van der Waals surface area (Å²) in [6, 6.07) is 2.79. The molecule has 4 heteroatoms. The third-order valence-electron chi connectivity index (χ3n) is 5.46. The number of hydrogen-bond acceptors (Lipinski definition) is 1. The molecule has 0 aliphatic heterocycles. The van der Waals surface area contributed by atoms with Crippen molar-refractivity contribution in [3.8, 4) is 0 Å². The maximum atomic E-state index is 13.6. The highest BCUT2D eigenvalue weighted by Gasteiger charge is 2.63. The molecule has 1 fully saturated rings. The quantitative estimate of drug-likeness (QED) is 0.726. The van der Waals surface area contributed by atoms with Crippen LogP contribution in [0.4, 0.5) is 4.39 Å². The summed E-state index contributed by atoms with van der Waals surface area (Å²) in [5, 5.41) is 4.07. The van der Waals surface area contributed by atoms with Crippen LogP contribution in [-0.4, -0.2) is 6.54 Å². The second-order valence-electron chi connectivity index (χ2n) is 6.88. The van der Waals surface area contributed by atoms with Gasteiger partial charge in [-0.25, -0.2) is 4.39 Å². The third-order valence-corrected chi connectivity index (χ3v) is 6.17. The monoisotopic (exact) mass is 317 g/mol. The van der Waals surface area contributed by atoms with E-state index >= 15 is 0 Å². The largest absolute Gasteiger partial charge is 0.310 e. The Labute approximate surface area is 130 Å². The van der Waals surface area contributed by atoms with Crippen molar-refractivity contribution >= 4 is 23.2 Å². The first-order valence-electron chi connectivity index (χ1n) is 6.97. The minimum absolute atomic E-state index is 0.0714. The van der Waals surface area contributed by atoms with Gasteiger partial charge in [0.2, 0.25) is 0 Å². The Morgan fingerprint density at radius 1 is 1.20 bits per heavy atom. The highest BCUT2D eigenvalue weighted by molar-refractivity contribution is 6.36. The molecule has 112 valence electrons. The Bertz CT molecular complexity index is 511. The van der Waals surface area contributed by atoms with Gasteiger partial charge in [0.15, 0.2) is 0 Å². The van der Waals surface area contributed by atoms with Gasteiger partial charge in [0, 0.05) is 16.6 Å². The van der Waals surface area contributed by atoms with Crippen molar-refractivity contribution in [2.24, 2.45) is 16.7 Å². The van der Waals surface area contributed by atoms with Gasteiger partial charge in [0.25, 0.3) is 0 Å². The highest BCUT2D eigenvalue weighted by atomic mass is 35.5. The van der Waals surface area contributed by atoms with Gasteiger partial charge in [-0.05, 0) is 42.3 Å². The number of halogens is 3. The van der Waals surface area contributed by atoms with Gasteiger partial charge in [0.1, 0.15) is 5.82 Å². The molecular formula is C16H22Cl2FN. The lowest BCUT2D eigenvalue weighted by molar-refractivity contribution is 0.457. The molecule has 1 atom stereocenters. The average molecular weight is 318 g/mol. The van der Waals surface area contributed by atoms with E-state index in [1.807, 2.05) is 6.92 Å². The predicted molar refractivity (Wildman–Crippen MR) is 83.9 cm³/mol. The van der Waals surface area contributed by atoms with Gasteiger partial charge in [-0.1, -0.05) is 50.9 Å². The molecule has 1 nitrogen and oxygen atoms in total. The summed E-state index contributed by atoms with van der Waals surface area (Å²) in [6.07, 6.45) is 0. The maximum absolute atomic E-state index is 13.6. The Kier molecular flexibility index (Phi) is 4.14. The molecule has 0 spiro atoms. The first kappa shape index (κ1) is 16.1. The molecule has 1 aromatic rings. The van der Waals surface area contributed by atoms with Crippen LogP contribution in [0.2, 0.25) is 10.0 Å². The summed E-state index contributed by atoms with van der Waals surface area (Å²) >= 11 is 12.2. The van der Waals surface area contributed by atoms with E-state index < -0.39 is 5.82 Å². The molecule has 1 N–H and O–H groups in total. The summed E-state index contributed by atoms with van der Waals surface area (Å²) in [6.45, 7) is 12.0. The molecule has 1 aromatic carbocycles. The molecule has 0 radical (unpaired) electrons. The fourth-order valence-corrected chi connectivity index (χ4v) is 3.88. The SMILES string of the molecule is CC(NCC1C(C)(C)C1(C)C)c1c(Cl)ccc(F)c1Cl. The van der Waals surface area contributed by atoms with E-state index in [1.54, 1.807) is 6.07 Å². The smallest absolute Gasteiger partial charge is 0.142 e. The number of hydrogen-bond donors (Lipinski definition) is 1. The molecule has 0 bridgehead atoms. The van der Waals surface area contributed by atoms with Gasteiger partial charge in [-0.15, -0.1) is 0 Å². The first-order valence-corrected chi connectivity index (χ1v) is 7.73. The maximum Gasteiger partial charge on any atom is 0.142 e. The van der Waals surface area contributed by atoms with Crippen LogP contribution in [0, 0.1) is 22.6 Å². The van der Waals surface area contributed by atoms with Crippen molar-refractivity contribution in [2.45, 2.75) is 40.7 Å². The van der Waals surface area contributed by atoms with Crippen LogP contribution in [0.3, 0.4) is 0 Å². The summed E-state index contributed by atoms with van der Waals surface area (Å²) in [5.41, 5.74) is 1.30. The Hall–Kier alpha value is -0.310. The van der Waals surface area contributed by atoms with Crippen molar-refractivity contribution in [2.75, 3.05) is 6.54 Å². The van der Waals surface area contributed by atoms with Crippen LogP contribution >= 0.6 is 23.2 Å². The Morgan fingerprint density at radius 3 is 2.25 bits per heavy atom. The van der Waals surface area contributed by atoms with E-state index in [4.69, 9.17) is 23.2 Å². The molecule has 1 unspecified atom stereocenters. The zero-order valence-corrected chi connectivity index (χ0v) is 14.2. The molecule has 1 aliphatic carbocycles. The average Bonchev–Trinajstić information content (AvgIpc) is 2.72. The van der Waals surface area contributed by atoms with E-state index in [0.717, 1.165) is 6.54 Å². The van der Waals surface area contributed by atoms with Crippen molar-refractivity contribution in [1.29, 1.82) is 0 Å². The standard InChI is InChI=1S/C16H22Cl2FN/c1-9(13-10(17)6-7-11(19)14(13)18)20-8-12-15(2,3)16(12,4)5/h6-7,9,12,20H,8H2,1-5H3. The highest BCUT2D eigenvalue weighted by Crippen LogP contribution is 2.68. The molecule has 20 heavy (non-hydrogen) atoms. The molecule has 2 rings (SSSR count). The number of benzene rings is 1. The zero-order valence-electron chi connectivity index (χ0n) is 12.7. The lowest BCUT2D eigenvalue weighted by atomic mass is 10.0. The van der Waals surface area contributed by atoms with Crippen LogP contribution < -0.4 is 5.32 Å². The Balaban J connectivity index is 2.08. The van der Waals surface area contributed by atoms with Crippen molar-refractivity contribution in [3.63, 3.8) is 0 Å². The predicted octanol–water partition coefficient (Wildman–Crippen LogP) is 5.47. The van der Waals surface area contributed by atoms with Crippen molar-refractivity contribution in [3.05, 3.63) is 33.6 Å². The van der Waals surface area contributed by atoms with Crippen LogP contribution in [0.15, 0.2) is 12.1 Å². The second-order valence-corrected chi connectivity index (χ2v) is 7.67. The summed E-state index contributed by atoms with van der Waals surface area (Å²) in [5.74, 6) is 0.176. The minimum atomic E-state index is -0.424. The number of rotatable bonds is 4. The van der Waals surface area contributed by atoms with Gasteiger partial charge in [0.05, 0.1) is 5.02 Å². The van der Waals surface area contributed by atoms with Crippen LogP contribution in [0.25, 0.3) is 0 Å². The lowest BCUT2D eigenvalue weighted by Crippen LogP contribution is -2.23. The van der Waals surface area contributed by atoms with Crippen LogP contribution in [0.1, 0.15) is 46.2 Å². The fraction of sp³-hybridized carbons (Fsp3) is 0.625. The lowest BCUT2D eigenvalue weighted by Gasteiger charge is -2.18. The van der Waals surface area contributed by atoms with Gasteiger partial charge >= 0.3 is 0 Å². The van der Waals surface area contributed by atoms with E-state index in [0.29, 0.717) is 27.3 Å². The fourth-order valence-electron chi connectivity index (χ4n) is 3.18. The van der Waals surface area contributed by atoms with Gasteiger partial charge in [-0.2, -0.15) is 0 Å². The topological polar surface area (TPSA) is 12.0 Å². The first-order chi connectivity index (χ1) is 9.10. The molecule has 0 heterocycles. The molecule has 0 amide bonds.